The summed E-state index contributed by atoms with van der Waals surface area (Å²) in [4.78, 5) is 52.8. The number of hydrogen-bond acceptors (Lipinski definition) is 7. The van der Waals surface area contributed by atoms with Gasteiger partial charge in [0, 0.05) is 25.7 Å². The predicted octanol–water partition coefficient (Wildman–Crippen LogP) is 2.85. The van der Waals surface area contributed by atoms with Crippen LogP contribution in [0.5, 0.6) is 0 Å². The number of nitrogens with zero attached hydrogens (tertiary/aromatic N) is 4. The van der Waals surface area contributed by atoms with Crippen molar-refractivity contribution in [2.45, 2.75) is 69.9 Å². The molecule has 12 heteroatoms. The van der Waals surface area contributed by atoms with Crippen molar-refractivity contribution >= 4 is 29.3 Å². The van der Waals surface area contributed by atoms with Crippen molar-refractivity contribution in [2.75, 3.05) is 25.4 Å². The molecule has 1 aromatic heterocycles. The molecule has 208 valence electrons. The molecule has 1 unspecified atom stereocenters. The first kappa shape index (κ1) is 26.9. The van der Waals surface area contributed by atoms with Crippen LogP contribution in [0.25, 0.3) is 0 Å². The Hall–Kier alpha value is -3.67. The van der Waals surface area contributed by atoms with E-state index in [1.165, 1.54) is 6.20 Å². The number of unbranched alkanes of at least 4 members (excludes halogenated alkanes) is 2. The average molecular weight is 543 g/mol. The van der Waals surface area contributed by atoms with E-state index in [2.05, 4.69) is 15.3 Å². The molecule has 2 saturated heterocycles. The Balaban J connectivity index is 1.06. The van der Waals surface area contributed by atoms with Gasteiger partial charge in [-0.1, -0.05) is 12.5 Å². The van der Waals surface area contributed by atoms with Crippen LogP contribution in [0.3, 0.4) is 0 Å². The Bertz CT molecular complexity index is 1290. The van der Waals surface area contributed by atoms with E-state index in [9.17, 15) is 28.0 Å². The molecule has 5 rings (SSSR count). The standard InChI is InChI=1S/C27H32F2N6O4/c28-24(29)23-20(30)15-34(32-23)17-9-12-33(13-10-17)11-3-1-2-4-16-5-6-18-19(14-16)27(39)35(26(18)38)21-7-8-22(36)31-25(21)37/h5-6,14-15,17,21,24H,1-4,7-13,30H2,(H,31,36,37). The Morgan fingerprint density at radius 1 is 1.00 bits per heavy atom. The van der Waals surface area contributed by atoms with Gasteiger partial charge in [0.1, 0.15) is 6.04 Å². The van der Waals surface area contributed by atoms with E-state index in [4.69, 9.17) is 5.73 Å². The van der Waals surface area contributed by atoms with E-state index >= 15 is 0 Å². The van der Waals surface area contributed by atoms with Crippen LogP contribution in [-0.4, -0.2) is 68.9 Å². The van der Waals surface area contributed by atoms with Crippen molar-refractivity contribution in [3.05, 3.63) is 46.8 Å². The molecule has 4 heterocycles. The number of fused-ring (bicyclic) bond motifs is 1. The van der Waals surface area contributed by atoms with Crippen molar-refractivity contribution in [3.63, 3.8) is 0 Å². The summed E-state index contributed by atoms with van der Waals surface area (Å²) in [7, 11) is 0. The molecule has 3 aliphatic heterocycles. The quantitative estimate of drug-likeness (QED) is 0.368. The third kappa shape index (κ3) is 5.56. The number of nitrogens with one attached hydrogen (secondary N) is 1. The number of imide groups is 2. The maximum absolute atomic E-state index is 13.0. The number of amides is 4. The summed E-state index contributed by atoms with van der Waals surface area (Å²) < 4.78 is 27.5. The first-order valence-corrected chi connectivity index (χ1v) is 13.4. The molecule has 0 bridgehead atoms. The van der Waals surface area contributed by atoms with E-state index in [1.807, 2.05) is 6.07 Å². The fourth-order valence-electron chi connectivity index (χ4n) is 5.70. The Morgan fingerprint density at radius 2 is 1.74 bits per heavy atom. The van der Waals surface area contributed by atoms with Crippen molar-refractivity contribution in [1.82, 2.24) is 24.9 Å². The zero-order chi connectivity index (χ0) is 27.7. The highest BCUT2D eigenvalue weighted by atomic mass is 19.3. The number of benzene rings is 1. The minimum Gasteiger partial charge on any atom is -0.396 e. The van der Waals surface area contributed by atoms with Crippen LogP contribution in [0.2, 0.25) is 0 Å². The molecule has 3 N–H and O–H groups in total. The lowest BCUT2D eigenvalue weighted by Gasteiger charge is -2.32. The number of carbonyl (C=O) groups is 4. The summed E-state index contributed by atoms with van der Waals surface area (Å²) >= 11 is 0. The van der Waals surface area contributed by atoms with Crippen molar-refractivity contribution < 1.29 is 28.0 Å². The fourth-order valence-corrected chi connectivity index (χ4v) is 5.70. The normalized spacial score (nSPS) is 20.7. The second kappa shape index (κ2) is 11.2. The molecule has 0 radical (unpaired) electrons. The zero-order valence-electron chi connectivity index (χ0n) is 21.6. The van der Waals surface area contributed by atoms with E-state index in [0.717, 1.165) is 68.6 Å². The minimum atomic E-state index is -2.67. The molecule has 0 aliphatic carbocycles. The maximum Gasteiger partial charge on any atom is 0.284 e. The van der Waals surface area contributed by atoms with Gasteiger partial charge in [-0.05, 0) is 62.8 Å². The molecule has 2 fully saturated rings. The highest BCUT2D eigenvalue weighted by Gasteiger charge is 2.44. The van der Waals surface area contributed by atoms with Gasteiger partial charge in [-0.25, -0.2) is 8.78 Å². The van der Waals surface area contributed by atoms with E-state index in [-0.39, 0.29) is 30.3 Å². The Labute approximate surface area is 224 Å². The number of rotatable bonds is 9. The van der Waals surface area contributed by atoms with Crippen LogP contribution >= 0.6 is 0 Å². The molecule has 3 aliphatic rings. The monoisotopic (exact) mass is 542 g/mol. The van der Waals surface area contributed by atoms with Gasteiger partial charge in [-0.3, -0.25) is 34.1 Å². The smallest absolute Gasteiger partial charge is 0.284 e. The number of piperidine rings is 2. The van der Waals surface area contributed by atoms with Gasteiger partial charge in [-0.15, -0.1) is 0 Å². The van der Waals surface area contributed by atoms with E-state index in [1.54, 1.807) is 16.8 Å². The molecular formula is C27H32F2N6O4. The van der Waals surface area contributed by atoms with Gasteiger partial charge in [0.05, 0.1) is 22.9 Å². The third-order valence-corrected chi connectivity index (χ3v) is 7.87. The lowest BCUT2D eigenvalue weighted by atomic mass is 10.0. The van der Waals surface area contributed by atoms with Gasteiger partial charge >= 0.3 is 0 Å². The van der Waals surface area contributed by atoms with E-state index in [0.29, 0.717) is 11.1 Å². The molecule has 39 heavy (non-hydrogen) atoms. The van der Waals surface area contributed by atoms with Crippen molar-refractivity contribution in [3.8, 4) is 0 Å². The molecule has 2 aromatic rings. The molecule has 4 amide bonds. The first-order valence-electron chi connectivity index (χ1n) is 13.4. The second-order valence-corrected chi connectivity index (χ2v) is 10.5. The Kier molecular flexibility index (Phi) is 7.74. The number of likely N-dealkylation sites (tertiary alicyclic amines) is 1. The highest BCUT2D eigenvalue weighted by Crippen LogP contribution is 2.30. The lowest BCUT2D eigenvalue weighted by Crippen LogP contribution is -2.54. The molecule has 10 nitrogen and oxygen atoms in total. The summed E-state index contributed by atoms with van der Waals surface area (Å²) in [6.07, 6.45) is 4.45. The minimum absolute atomic E-state index is 0.0402. The summed E-state index contributed by atoms with van der Waals surface area (Å²) in [6.45, 7) is 2.70. The number of alkyl halides is 2. The number of aromatic nitrogens is 2. The molecular weight excluding hydrogens is 510 g/mol. The Morgan fingerprint density at radius 3 is 2.44 bits per heavy atom. The molecule has 1 atom stereocenters. The zero-order valence-corrected chi connectivity index (χ0v) is 21.6. The number of halogens is 2. The van der Waals surface area contributed by atoms with Gasteiger partial charge < -0.3 is 10.6 Å². The maximum atomic E-state index is 13.0. The number of anilines is 1. The van der Waals surface area contributed by atoms with Gasteiger partial charge in [0.15, 0.2) is 5.69 Å². The van der Waals surface area contributed by atoms with Crippen LogP contribution in [0.1, 0.15) is 89.4 Å². The number of aryl methyl sites for hydroxylation is 1. The van der Waals surface area contributed by atoms with Gasteiger partial charge in [0.2, 0.25) is 11.8 Å². The number of nitrogen functional groups attached to an aromatic ring is 1. The number of carbonyl (C=O) groups excluding carboxylic acids is 4. The summed E-state index contributed by atoms with van der Waals surface area (Å²) in [5.74, 6) is -1.99. The number of nitrogens with two attached hydrogens (primary N) is 1. The average Bonchev–Trinajstić information content (AvgIpc) is 3.42. The molecule has 0 saturated carbocycles. The lowest BCUT2D eigenvalue weighted by molar-refractivity contribution is -0.136. The van der Waals surface area contributed by atoms with E-state index < -0.39 is 36.1 Å². The summed E-state index contributed by atoms with van der Waals surface area (Å²) in [5.41, 5.74) is 6.92. The summed E-state index contributed by atoms with van der Waals surface area (Å²) in [5, 5.41) is 6.19. The second-order valence-electron chi connectivity index (χ2n) is 10.5. The van der Waals surface area contributed by atoms with Crippen LogP contribution < -0.4 is 11.1 Å². The highest BCUT2D eigenvalue weighted by molar-refractivity contribution is 6.23. The van der Waals surface area contributed by atoms with Crippen LogP contribution in [0.15, 0.2) is 24.4 Å². The first-order chi connectivity index (χ1) is 18.7. The van der Waals surface area contributed by atoms with Crippen LogP contribution in [-0.2, 0) is 16.0 Å². The number of hydrogen-bond donors (Lipinski definition) is 2. The SMILES string of the molecule is Nc1cn(C2CCN(CCCCCc3ccc4c(c3)C(=O)N(C3CCC(=O)NC3=O)C4=O)CC2)nc1C(F)F. The molecule has 0 spiro atoms. The van der Waals surface area contributed by atoms with Gasteiger partial charge in [0.25, 0.3) is 18.2 Å². The predicted molar refractivity (Wildman–Crippen MR) is 137 cm³/mol. The largest absolute Gasteiger partial charge is 0.396 e. The van der Waals surface area contributed by atoms with Crippen LogP contribution in [0.4, 0.5) is 14.5 Å². The molecule has 1 aromatic carbocycles. The summed E-state index contributed by atoms with van der Waals surface area (Å²) in [6, 6.07) is 4.36. The van der Waals surface area contributed by atoms with Crippen LogP contribution in [0, 0.1) is 0 Å². The van der Waals surface area contributed by atoms with Crippen molar-refractivity contribution in [2.24, 2.45) is 0 Å². The topological polar surface area (TPSA) is 131 Å². The van der Waals surface area contributed by atoms with Gasteiger partial charge in [-0.2, -0.15) is 5.10 Å². The fraction of sp³-hybridized carbons (Fsp3) is 0.519. The third-order valence-electron chi connectivity index (χ3n) is 7.87. The van der Waals surface area contributed by atoms with Crippen molar-refractivity contribution in [1.29, 1.82) is 0 Å².